The molecule has 0 fully saturated rings. The van der Waals surface area contributed by atoms with Crippen molar-refractivity contribution >= 4 is 22.6 Å². The molecule has 0 aliphatic carbocycles. The Morgan fingerprint density at radius 1 is 1.13 bits per heavy atom. The molecule has 0 bridgehead atoms. The highest BCUT2D eigenvalue weighted by Crippen LogP contribution is 2.24. The highest BCUT2D eigenvalue weighted by molar-refractivity contribution is 6.05. The van der Waals surface area contributed by atoms with Gasteiger partial charge in [-0.05, 0) is 31.2 Å². The van der Waals surface area contributed by atoms with E-state index >= 15 is 0 Å². The third kappa shape index (κ3) is 3.08. The van der Waals surface area contributed by atoms with Gasteiger partial charge in [-0.1, -0.05) is 30.3 Å². The lowest BCUT2D eigenvalue weighted by molar-refractivity contribution is 0.102. The number of carbonyl (C=O) groups is 1. The molecule has 2 aromatic heterocycles. The monoisotopic (exact) mass is 404 g/mol. The van der Waals surface area contributed by atoms with Gasteiger partial charge in [-0.2, -0.15) is 0 Å². The molecule has 0 aliphatic heterocycles. The van der Waals surface area contributed by atoms with E-state index in [1.165, 1.54) is 11.8 Å². The third-order valence-electron chi connectivity index (χ3n) is 5.02. The number of nitrogens with one attached hydrogen (secondary N) is 2. The summed E-state index contributed by atoms with van der Waals surface area (Å²) >= 11 is 0. The van der Waals surface area contributed by atoms with Gasteiger partial charge in [0.2, 0.25) is 5.55 Å². The van der Waals surface area contributed by atoms with Gasteiger partial charge in [0.15, 0.2) is 11.3 Å². The van der Waals surface area contributed by atoms with Crippen molar-refractivity contribution in [1.29, 1.82) is 5.41 Å². The molecule has 2 aromatic carbocycles. The van der Waals surface area contributed by atoms with Crippen molar-refractivity contribution < 1.29 is 13.9 Å². The first-order valence-electron chi connectivity index (χ1n) is 9.23. The van der Waals surface area contributed by atoms with Crippen LogP contribution in [0.4, 0.5) is 5.69 Å². The molecule has 0 aliphatic rings. The SMILES string of the molecule is COc1cccc2cc(C(=O)Nc3c(C)n(C)n(-c4ccccc4)c3=O)c(=N)oc12. The van der Waals surface area contributed by atoms with Crippen LogP contribution in [0.3, 0.4) is 0 Å². The molecule has 0 unspecified atom stereocenters. The average Bonchev–Trinajstić information content (AvgIpc) is 2.96. The number of hydrogen-bond acceptors (Lipinski definition) is 5. The summed E-state index contributed by atoms with van der Waals surface area (Å²) in [6.07, 6.45) is 0. The van der Waals surface area contributed by atoms with Gasteiger partial charge in [0, 0.05) is 12.4 Å². The van der Waals surface area contributed by atoms with Gasteiger partial charge in [-0.3, -0.25) is 19.7 Å². The molecule has 152 valence electrons. The molecule has 0 atom stereocenters. The minimum atomic E-state index is -0.598. The van der Waals surface area contributed by atoms with Crippen LogP contribution in [0.5, 0.6) is 5.75 Å². The van der Waals surface area contributed by atoms with E-state index < -0.39 is 5.91 Å². The van der Waals surface area contributed by atoms with Crippen molar-refractivity contribution in [3.8, 4) is 11.4 Å². The standard InChI is InChI=1S/C22H20N4O4/c1-13-18(22(28)26(25(13)2)15-9-5-4-6-10-15)24-21(27)16-12-14-8-7-11-17(29-3)19(14)30-20(16)23/h4-12,23H,1-3H3,(H,24,27). The summed E-state index contributed by atoms with van der Waals surface area (Å²) in [5.41, 5.74) is 1.14. The van der Waals surface area contributed by atoms with Gasteiger partial charge in [-0.15, -0.1) is 0 Å². The normalized spacial score (nSPS) is 10.9. The zero-order chi connectivity index (χ0) is 21.4. The second-order valence-electron chi connectivity index (χ2n) is 6.76. The van der Waals surface area contributed by atoms with Crippen molar-refractivity contribution in [2.24, 2.45) is 7.05 Å². The molecular weight excluding hydrogens is 384 g/mol. The quantitative estimate of drug-likeness (QED) is 0.546. The number of methoxy groups -OCH3 is 1. The molecule has 0 saturated carbocycles. The molecule has 0 radical (unpaired) electrons. The lowest BCUT2D eigenvalue weighted by Crippen LogP contribution is -2.25. The summed E-state index contributed by atoms with van der Waals surface area (Å²) in [5.74, 6) is -0.128. The number of fused-ring (bicyclic) bond motifs is 1. The van der Waals surface area contributed by atoms with Crippen LogP contribution in [-0.4, -0.2) is 22.4 Å². The molecule has 0 saturated heterocycles. The van der Waals surface area contributed by atoms with Crippen molar-refractivity contribution in [2.45, 2.75) is 6.92 Å². The van der Waals surface area contributed by atoms with Crippen molar-refractivity contribution in [3.05, 3.63) is 81.8 Å². The van der Waals surface area contributed by atoms with Crippen LogP contribution in [0.1, 0.15) is 16.1 Å². The first-order valence-corrected chi connectivity index (χ1v) is 9.23. The topological polar surface area (TPSA) is 102 Å². The average molecular weight is 404 g/mol. The minimum Gasteiger partial charge on any atom is -0.493 e. The van der Waals surface area contributed by atoms with Crippen molar-refractivity contribution in [2.75, 3.05) is 12.4 Å². The largest absolute Gasteiger partial charge is 0.493 e. The van der Waals surface area contributed by atoms with E-state index in [1.807, 2.05) is 30.3 Å². The van der Waals surface area contributed by atoms with E-state index in [1.54, 1.807) is 42.9 Å². The predicted octanol–water partition coefficient (Wildman–Crippen LogP) is 2.97. The van der Waals surface area contributed by atoms with Crippen molar-refractivity contribution in [3.63, 3.8) is 0 Å². The van der Waals surface area contributed by atoms with Gasteiger partial charge in [-0.25, -0.2) is 4.68 Å². The number of amides is 1. The smallest absolute Gasteiger partial charge is 0.295 e. The number of para-hydroxylation sites is 2. The second kappa shape index (κ2) is 7.40. The molecule has 2 N–H and O–H groups in total. The number of carbonyl (C=O) groups excluding carboxylic acids is 1. The van der Waals surface area contributed by atoms with Crippen LogP contribution in [0.15, 0.2) is 63.8 Å². The maximum absolute atomic E-state index is 13.0. The van der Waals surface area contributed by atoms with Gasteiger partial charge in [0.25, 0.3) is 11.5 Å². The van der Waals surface area contributed by atoms with E-state index in [0.717, 1.165) is 0 Å². The summed E-state index contributed by atoms with van der Waals surface area (Å²) < 4.78 is 13.9. The maximum atomic E-state index is 13.0. The molecular formula is C22H20N4O4. The summed E-state index contributed by atoms with van der Waals surface area (Å²) in [4.78, 5) is 25.9. The second-order valence-corrected chi connectivity index (χ2v) is 6.76. The number of rotatable bonds is 4. The molecule has 0 spiro atoms. The first-order chi connectivity index (χ1) is 14.4. The van der Waals surface area contributed by atoms with Crippen LogP contribution in [0.2, 0.25) is 0 Å². The summed E-state index contributed by atoms with van der Waals surface area (Å²) in [7, 11) is 3.25. The zero-order valence-corrected chi connectivity index (χ0v) is 16.7. The highest BCUT2D eigenvalue weighted by Gasteiger charge is 2.20. The Labute approximate surface area is 171 Å². The maximum Gasteiger partial charge on any atom is 0.295 e. The fourth-order valence-corrected chi connectivity index (χ4v) is 3.36. The van der Waals surface area contributed by atoms with Crippen molar-refractivity contribution in [1.82, 2.24) is 9.36 Å². The third-order valence-corrected chi connectivity index (χ3v) is 5.02. The Balaban J connectivity index is 1.76. The van der Waals surface area contributed by atoms with E-state index in [9.17, 15) is 9.59 Å². The summed E-state index contributed by atoms with van der Waals surface area (Å²) in [6, 6.07) is 15.9. The fraction of sp³-hybridized carbons (Fsp3) is 0.136. The van der Waals surface area contributed by atoms with Crippen LogP contribution < -0.4 is 21.2 Å². The molecule has 4 aromatic rings. The highest BCUT2D eigenvalue weighted by atomic mass is 16.5. The Kier molecular flexibility index (Phi) is 4.75. The lowest BCUT2D eigenvalue weighted by atomic mass is 10.1. The summed E-state index contributed by atoms with van der Waals surface area (Å²) in [6.45, 7) is 1.74. The molecule has 1 amide bonds. The van der Waals surface area contributed by atoms with Gasteiger partial charge in [0.05, 0.1) is 18.5 Å². The number of nitrogens with zero attached hydrogens (tertiary/aromatic N) is 2. The van der Waals surface area contributed by atoms with Crippen LogP contribution in [-0.2, 0) is 7.05 Å². The van der Waals surface area contributed by atoms with Crippen LogP contribution >= 0.6 is 0 Å². The Hall–Kier alpha value is -4.07. The van der Waals surface area contributed by atoms with E-state index in [4.69, 9.17) is 14.6 Å². The lowest BCUT2D eigenvalue weighted by Gasteiger charge is -2.07. The van der Waals surface area contributed by atoms with Gasteiger partial charge < -0.3 is 14.5 Å². The number of ether oxygens (including phenoxy) is 1. The van der Waals surface area contributed by atoms with Crippen LogP contribution in [0.25, 0.3) is 16.7 Å². The molecule has 8 nitrogen and oxygen atoms in total. The molecule has 8 heteroatoms. The summed E-state index contributed by atoms with van der Waals surface area (Å²) in [5, 5.41) is 11.4. The zero-order valence-electron chi connectivity index (χ0n) is 16.7. The fourth-order valence-electron chi connectivity index (χ4n) is 3.36. The molecule has 2 heterocycles. The van der Waals surface area contributed by atoms with Crippen LogP contribution in [0, 0.1) is 12.3 Å². The number of anilines is 1. The number of benzene rings is 2. The Bertz CT molecular complexity index is 1380. The Morgan fingerprint density at radius 3 is 2.57 bits per heavy atom. The Morgan fingerprint density at radius 2 is 1.87 bits per heavy atom. The number of aromatic nitrogens is 2. The number of hydrogen-bond donors (Lipinski definition) is 2. The van der Waals surface area contributed by atoms with Gasteiger partial charge >= 0.3 is 0 Å². The molecule has 30 heavy (non-hydrogen) atoms. The minimum absolute atomic E-state index is 0.0182. The van der Waals surface area contributed by atoms with Gasteiger partial charge in [0.1, 0.15) is 11.3 Å². The molecule has 4 rings (SSSR count). The predicted molar refractivity (Wildman–Crippen MR) is 112 cm³/mol. The van der Waals surface area contributed by atoms with E-state index in [0.29, 0.717) is 28.1 Å². The van der Waals surface area contributed by atoms with E-state index in [2.05, 4.69) is 5.32 Å². The van der Waals surface area contributed by atoms with E-state index in [-0.39, 0.29) is 22.4 Å². The first kappa shape index (κ1) is 19.3.